The predicted octanol–water partition coefficient (Wildman–Crippen LogP) is -6.45. The molecule has 0 aromatic carbocycles. The van der Waals surface area contributed by atoms with Gasteiger partial charge in [0.1, 0.15) is 61.0 Å². The number of carboxylic acid groups (broad SMARTS) is 1. The van der Waals surface area contributed by atoms with E-state index in [2.05, 4.69) is 0 Å². The second-order valence-electron chi connectivity index (χ2n) is 8.36. The van der Waals surface area contributed by atoms with E-state index < -0.39 is 105 Å². The molecule has 34 heavy (non-hydrogen) atoms. The van der Waals surface area contributed by atoms with E-state index in [1.165, 1.54) is 6.92 Å². The van der Waals surface area contributed by atoms with Crippen molar-refractivity contribution < 1.29 is 79.5 Å². The molecule has 0 aromatic rings. The summed E-state index contributed by atoms with van der Waals surface area (Å²) in [7, 11) is 0. The van der Waals surface area contributed by atoms with Crippen molar-refractivity contribution in [3.8, 4) is 0 Å². The summed E-state index contributed by atoms with van der Waals surface area (Å²) in [6.45, 7) is 0.562. The normalized spacial score (nSPS) is 52.4. The molecule has 0 bridgehead atoms. The van der Waals surface area contributed by atoms with Gasteiger partial charge in [-0.2, -0.15) is 0 Å². The number of carbonyl (C=O) groups is 1. The Labute approximate surface area is 192 Å². The number of ether oxygens (including phenoxy) is 5. The van der Waals surface area contributed by atoms with Crippen molar-refractivity contribution in [1.82, 2.24) is 0 Å². The molecular formula is C18H30O16. The van der Waals surface area contributed by atoms with Gasteiger partial charge in [0.15, 0.2) is 25.0 Å². The number of hydrogen-bond acceptors (Lipinski definition) is 15. The van der Waals surface area contributed by atoms with E-state index in [-0.39, 0.29) is 0 Å². The van der Waals surface area contributed by atoms with Crippen molar-refractivity contribution in [2.75, 3.05) is 6.61 Å². The molecule has 16 heteroatoms. The summed E-state index contributed by atoms with van der Waals surface area (Å²) in [6, 6.07) is 0. The Balaban J connectivity index is 1.84. The second-order valence-corrected chi connectivity index (χ2v) is 8.36. The summed E-state index contributed by atoms with van der Waals surface area (Å²) in [4.78, 5) is 11.3. The molecule has 0 spiro atoms. The number of carboxylic acids is 1. The average molecular weight is 502 g/mol. The molecule has 3 fully saturated rings. The molecular weight excluding hydrogens is 472 g/mol. The first-order chi connectivity index (χ1) is 15.9. The van der Waals surface area contributed by atoms with E-state index in [9.17, 15) is 55.9 Å². The van der Waals surface area contributed by atoms with Crippen LogP contribution in [-0.4, -0.2) is 156 Å². The zero-order valence-electron chi connectivity index (χ0n) is 17.8. The SMILES string of the molecule is C[C@@H]1O[C@@H](O[C@H]2[C@H](O)[C@@H](CO)O[C@H](O)[C@H]2O[C@@H]2O[C@H](C(=O)O)[C@@H](O)[C@H](O)[C@H]2O)[C@H](O)[C@H](O)[C@H]1O. The fraction of sp³-hybridized carbons (Fsp3) is 0.944. The summed E-state index contributed by atoms with van der Waals surface area (Å²) in [5.74, 6) is -1.69. The van der Waals surface area contributed by atoms with Crippen molar-refractivity contribution in [1.29, 1.82) is 0 Å². The summed E-state index contributed by atoms with van der Waals surface area (Å²) in [5.41, 5.74) is 0. The van der Waals surface area contributed by atoms with Crippen LogP contribution in [0.25, 0.3) is 0 Å². The van der Waals surface area contributed by atoms with Gasteiger partial charge >= 0.3 is 5.97 Å². The van der Waals surface area contributed by atoms with Crippen molar-refractivity contribution in [3.05, 3.63) is 0 Å². The predicted molar refractivity (Wildman–Crippen MR) is 100 cm³/mol. The van der Waals surface area contributed by atoms with Crippen molar-refractivity contribution in [2.45, 2.75) is 99.0 Å². The minimum absolute atomic E-state index is 0.800. The Bertz CT molecular complexity index is 695. The highest BCUT2D eigenvalue weighted by Crippen LogP contribution is 2.32. The third-order valence-corrected chi connectivity index (χ3v) is 6.02. The molecule has 0 saturated carbocycles. The lowest BCUT2D eigenvalue weighted by Crippen LogP contribution is -2.66. The number of aliphatic hydroxyl groups excluding tert-OH is 9. The van der Waals surface area contributed by atoms with Gasteiger partial charge in [0.2, 0.25) is 0 Å². The Morgan fingerprint density at radius 3 is 1.79 bits per heavy atom. The molecule has 0 radical (unpaired) electrons. The van der Waals surface area contributed by atoms with E-state index in [0.29, 0.717) is 0 Å². The van der Waals surface area contributed by atoms with Crippen LogP contribution in [0.5, 0.6) is 0 Å². The van der Waals surface area contributed by atoms with Gasteiger partial charge in [0.05, 0.1) is 12.7 Å². The number of aliphatic carboxylic acids is 1. The summed E-state index contributed by atoms with van der Waals surface area (Å²) in [6.07, 6.45) is -26.5. The molecule has 0 aromatic heterocycles. The zero-order chi connectivity index (χ0) is 25.5. The zero-order valence-corrected chi connectivity index (χ0v) is 17.8. The van der Waals surface area contributed by atoms with Crippen LogP contribution in [0.4, 0.5) is 0 Å². The van der Waals surface area contributed by atoms with Crippen LogP contribution >= 0.6 is 0 Å². The largest absolute Gasteiger partial charge is 0.479 e. The summed E-state index contributed by atoms with van der Waals surface area (Å²) < 4.78 is 26.3. The van der Waals surface area contributed by atoms with E-state index in [0.717, 1.165) is 0 Å². The van der Waals surface area contributed by atoms with Crippen molar-refractivity contribution in [3.63, 3.8) is 0 Å². The number of rotatable bonds is 6. The molecule has 3 heterocycles. The van der Waals surface area contributed by atoms with Crippen LogP contribution in [0.3, 0.4) is 0 Å². The number of aliphatic hydroxyl groups is 9. The first kappa shape index (κ1) is 27.5. The topological polar surface area (TPSA) is 266 Å². The maximum atomic E-state index is 11.3. The smallest absolute Gasteiger partial charge is 0.335 e. The molecule has 16 nitrogen and oxygen atoms in total. The van der Waals surface area contributed by atoms with E-state index in [1.807, 2.05) is 0 Å². The molecule has 3 aliphatic heterocycles. The minimum Gasteiger partial charge on any atom is -0.479 e. The third kappa shape index (κ3) is 5.20. The monoisotopic (exact) mass is 502 g/mol. The van der Waals surface area contributed by atoms with Crippen molar-refractivity contribution >= 4 is 5.97 Å². The number of hydrogen-bond donors (Lipinski definition) is 10. The highest BCUT2D eigenvalue weighted by Gasteiger charge is 2.54. The van der Waals surface area contributed by atoms with Crippen LogP contribution in [0.1, 0.15) is 6.92 Å². The second kappa shape index (κ2) is 10.9. The summed E-state index contributed by atoms with van der Waals surface area (Å²) in [5, 5.41) is 99.7. The Kier molecular flexibility index (Phi) is 8.81. The van der Waals surface area contributed by atoms with Gasteiger partial charge in [-0.25, -0.2) is 4.79 Å². The fourth-order valence-electron chi connectivity index (χ4n) is 3.96. The molecule has 198 valence electrons. The van der Waals surface area contributed by atoms with E-state index in [1.54, 1.807) is 0 Å². The van der Waals surface area contributed by atoms with Crippen molar-refractivity contribution in [2.24, 2.45) is 0 Å². The van der Waals surface area contributed by atoms with Crippen LogP contribution in [0.15, 0.2) is 0 Å². The summed E-state index contributed by atoms with van der Waals surface area (Å²) >= 11 is 0. The molecule has 15 atom stereocenters. The molecule has 3 saturated heterocycles. The van der Waals surface area contributed by atoms with Gasteiger partial charge < -0.3 is 74.7 Å². The highest BCUT2D eigenvalue weighted by molar-refractivity contribution is 5.73. The van der Waals surface area contributed by atoms with Crippen LogP contribution in [0.2, 0.25) is 0 Å². The first-order valence-electron chi connectivity index (χ1n) is 10.4. The molecule has 0 aliphatic carbocycles. The van der Waals surface area contributed by atoms with Crippen LogP contribution in [0, 0.1) is 0 Å². The quantitative estimate of drug-likeness (QED) is 0.162. The molecule has 3 aliphatic rings. The minimum atomic E-state index is -2.03. The fourth-order valence-corrected chi connectivity index (χ4v) is 3.96. The Morgan fingerprint density at radius 2 is 1.24 bits per heavy atom. The Morgan fingerprint density at radius 1 is 0.706 bits per heavy atom. The lowest BCUT2D eigenvalue weighted by Gasteiger charge is -2.47. The molecule has 0 amide bonds. The van der Waals surface area contributed by atoms with Gasteiger partial charge in [-0.1, -0.05) is 0 Å². The Hall–Kier alpha value is -1.09. The van der Waals surface area contributed by atoms with Gasteiger partial charge in [-0.3, -0.25) is 0 Å². The maximum Gasteiger partial charge on any atom is 0.335 e. The third-order valence-electron chi connectivity index (χ3n) is 6.02. The average Bonchev–Trinajstić information content (AvgIpc) is 2.79. The first-order valence-corrected chi connectivity index (χ1v) is 10.4. The van der Waals surface area contributed by atoms with Gasteiger partial charge in [0, 0.05) is 0 Å². The standard InChI is InChI=1S/C18H30O16/c1-3-5(20)7(22)10(25)17(30-3)32-12-6(21)4(2-19)31-16(29)14(12)34-18-11(26)8(23)9(24)13(33-18)15(27)28/h3-14,16-26,29H,2H2,1H3,(H,27,28)/t3-,4+,5-,6+,7+,8-,9-,10+,11+,12-,13-,14-,16-,17-,18-/m0/s1. The van der Waals surface area contributed by atoms with Crippen LogP contribution in [-0.2, 0) is 28.5 Å². The molecule has 10 N–H and O–H groups in total. The molecule has 3 rings (SSSR count). The lowest BCUT2D eigenvalue weighted by atomic mass is 9.96. The van der Waals surface area contributed by atoms with Gasteiger partial charge in [0.25, 0.3) is 0 Å². The molecule has 0 unspecified atom stereocenters. The lowest BCUT2D eigenvalue weighted by molar-refractivity contribution is -0.384. The van der Waals surface area contributed by atoms with E-state index in [4.69, 9.17) is 23.7 Å². The van der Waals surface area contributed by atoms with E-state index >= 15 is 0 Å². The highest BCUT2D eigenvalue weighted by atomic mass is 16.8. The maximum absolute atomic E-state index is 11.3. The van der Waals surface area contributed by atoms with Gasteiger partial charge in [-0.15, -0.1) is 0 Å². The van der Waals surface area contributed by atoms with Crippen LogP contribution < -0.4 is 0 Å². The van der Waals surface area contributed by atoms with Gasteiger partial charge in [-0.05, 0) is 6.92 Å².